The smallest absolute Gasteiger partial charge is 0.452 e. The maximum absolute atomic E-state index is 13.6. The first kappa shape index (κ1) is 28.4. The molecule has 0 saturated carbocycles. The van der Waals surface area contributed by atoms with Gasteiger partial charge in [-0.2, -0.15) is 0 Å². The molecule has 1 aliphatic rings. The second-order valence-corrected chi connectivity index (χ2v) is 10.2. The molecule has 0 saturated heterocycles. The van der Waals surface area contributed by atoms with Crippen molar-refractivity contribution < 1.29 is 42.1 Å². The zero-order chi connectivity index (χ0) is 29.5. The number of aryl methyl sites for hydroxylation is 1. The molecule has 1 aliphatic heterocycles. The van der Waals surface area contributed by atoms with Gasteiger partial charge in [0.1, 0.15) is 11.5 Å². The molecule has 41 heavy (non-hydrogen) atoms. The van der Waals surface area contributed by atoms with E-state index in [1.165, 1.54) is 18.2 Å². The highest BCUT2D eigenvalue weighted by Gasteiger charge is 2.39. The fourth-order valence-electron chi connectivity index (χ4n) is 5.20. The van der Waals surface area contributed by atoms with Crippen LogP contribution in [-0.4, -0.2) is 33.8 Å². The Bertz CT molecular complexity index is 1650. The summed E-state index contributed by atoms with van der Waals surface area (Å²) in [6, 6.07) is 15.7. The van der Waals surface area contributed by atoms with Crippen molar-refractivity contribution in [1.29, 1.82) is 0 Å². The molecule has 0 fully saturated rings. The molecular weight excluding hydrogens is 563 g/mol. The molecule has 3 aromatic carbocycles. The van der Waals surface area contributed by atoms with E-state index in [9.17, 15) is 27.9 Å². The summed E-state index contributed by atoms with van der Waals surface area (Å²) in [5.41, 5.74) is 3.23. The van der Waals surface area contributed by atoms with Crippen molar-refractivity contribution in [3.8, 4) is 11.5 Å². The predicted octanol–water partition coefficient (Wildman–Crippen LogP) is 7.91. The fourth-order valence-corrected chi connectivity index (χ4v) is 5.33. The zero-order valence-corrected chi connectivity index (χ0v) is 22.8. The fraction of sp³-hybridized carbons (Fsp3) is 0.267. The number of carbonyl (C=O) groups excluding carboxylic acids is 1. The Morgan fingerprint density at radius 1 is 1.10 bits per heavy atom. The topological polar surface area (TPSA) is 87.0 Å². The minimum atomic E-state index is -4.89. The van der Waals surface area contributed by atoms with Gasteiger partial charge in [0, 0.05) is 47.1 Å². The number of rotatable bonds is 7. The number of hydrogen-bond donors (Lipinski definition) is 1. The van der Waals surface area contributed by atoms with Crippen LogP contribution in [-0.2, 0) is 17.7 Å². The van der Waals surface area contributed by atoms with E-state index < -0.39 is 24.1 Å². The van der Waals surface area contributed by atoms with Gasteiger partial charge in [-0.1, -0.05) is 30.7 Å². The number of ketones is 1. The molecule has 7 nitrogen and oxygen atoms in total. The van der Waals surface area contributed by atoms with Crippen LogP contribution in [0.3, 0.4) is 0 Å². The lowest BCUT2D eigenvalue weighted by molar-refractivity contribution is -0.274. The van der Waals surface area contributed by atoms with Crippen LogP contribution in [0.4, 0.5) is 18.0 Å². The highest BCUT2D eigenvalue weighted by Crippen LogP contribution is 2.38. The number of benzene rings is 3. The Kier molecular flexibility index (Phi) is 7.37. The Morgan fingerprint density at radius 2 is 1.83 bits per heavy atom. The van der Waals surface area contributed by atoms with Crippen molar-refractivity contribution in [3.63, 3.8) is 0 Å². The highest BCUT2D eigenvalue weighted by atomic mass is 35.5. The van der Waals surface area contributed by atoms with Gasteiger partial charge in [-0.3, -0.25) is 4.79 Å². The first-order valence-electron chi connectivity index (χ1n) is 12.8. The van der Waals surface area contributed by atoms with Gasteiger partial charge in [-0.15, -0.1) is 13.2 Å². The van der Waals surface area contributed by atoms with E-state index in [1.807, 2.05) is 12.1 Å². The molecule has 4 aromatic rings. The number of aromatic nitrogens is 1. The lowest BCUT2D eigenvalue weighted by Crippen LogP contribution is -2.43. The molecule has 0 amide bonds. The third kappa shape index (κ3) is 5.83. The van der Waals surface area contributed by atoms with Crippen molar-refractivity contribution in [2.45, 2.75) is 51.8 Å². The van der Waals surface area contributed by atoms with Gasteiger partial charge in [-0.25, -0.2) is 4.79 Å². The molecule has 0 radical (unpaired) electrons. The predicted molar refractivity (Wildman–Crippen MR) is 145 cm³/mol. The van der Waals surface area contributed by atoms with Crippen molar-refractivity contribution >= 4 is 34.4 Å². The molecule has 1 aromatic heterocycles. The summed E-state index contributed by atoms with van der Waals surface area (Å²) in [6.45, 7) is 3.68. The van der Waals surface area contributed by atoms with Crippen LogP contribution in [0.2, 0.25) is 5.02 Å². The molecule has 0 aliphatic carbocycles. The number of carboxylic acid groups (broad SMARTS) is 1. The van der Waals surface area contributed by atoms with Gasteiger partial charge in [0.25, 0.3) is 5.79 Å². The van der Waals surface area contributed by atoms with Crippen LogP contribution in [0.25, 0.3) is 10.9 Å². The van der Waals surface area contributed by atoms with Crippen LogP contribution in [0, 0.1) is 6.92 Å². The van der Waals surface area contributed by atoms with Crippen molar-refractivity contribution in [1.82, 2.24) is 4.57 Å². The third-order valence-corrected chi connectivity index (χ3v) is 7.47. The van der Waals surface area contributed by atoms with Crippen LogP contribution < -0.4 is 9.47 Å². The minimum Gasteiger partial charge on any atom is -0.452 e. The summed E-state index contributed by atoms with van der Waals surface area (Å²) in [5, 5.41) is 10.1. The summed E-state index contributed by atoms with van der Waals surface area (Å²) in [6.07, 6.45) is -5.11. The van der Waals surface area contributed by atoms with E-state index in [1.54, 1.807) is 48.7 Å². The molecule has 1 atom stereocenters. The number of nitrogens with zero attached hydrogens (tertiary/aromatic N) is 1. The number of carbonyl (C=O) groups is 2. The summed E-state index contributed by atoms with van der Waals surface area (Å²) < 4.78 is 56.1. The lowest BCUT2D eigenvalue weighted by Gasteiger charge is -2.36. The third-order valence-electron chi connectivity index (χ3n) is 7.22. The lowest BCUT2D eigenvalue weighted by atomic mass is 9.96. The van der Waals surface area contributed by atoms with Crippen molar-refractivity contribution in [2.24, 2.45) is 0 Å². The van der Waals surface area contributed by atoms with Gasteiger partial charge in [0.15, 0.2) is 5.78 Å². The van der Waals surface area contributed by atoms with Gasteiger partial charge >= 0.3 is 12.5 Å². The quantitative estimate of drug-likeness (QED) is 0.175. The van der Waals surface area contributed by atoms with Crippen LogP contribution in [0.5, 0.6) is 11.5 Å². The Labute approximate surface area is 238 Å². The summed E-state index contributed by atoms with van der Waals surface area (Å²) >= 11 is 5.99. The van der Waals surface area contributed by atoms with Gasteiger partial charge in [-0.05, 0) is 66.9 Å². The van der Waals surface area contributed by atoms with Crippen molar-refractivity contribution in [3.05, 3.63) is 93.6 Å². The maximum Gasteiger partial charge on any atom is 0.573 e. The van der Waals surface area contributed by atoms with Gasteiger partial charge < -0.3 is 23.9 Å². The molecular formula is C30H25ClF3NO6. The Balaban J connectivity index is 1.58. The minimum absolute atomic E-state index is 0.182. The average molecular weight is 588 g/mol. The second kappa shape index (κ2) is 10.7. The molecule has 1 N–H and O–H groups in total. The maximum atomic E-state index is 13.6. The number of fused-ring (bicyclic) bond motifs is 2. The zero-order valence-electron chi connectivity index (χ0n) is 22.0. The number of hydrogen-bond acceptors (Lipinski definition) is 5. The van der Waals surface area contributed by atoms with E-state index in [-0.39, 0.29) is 12.3 Å². The van der Waals surface area contributed by atoms with E-state index >= 15 is 0 Å². The molecule has 0 spiro atoms. The van der Waals surface area contributed by atoms with Crippen molar-refractivity contribution in [2.75, 3.05) is 0 Å². The molecule has 5 rings (SSSR count). The van der Waals surface area contributed by atoms with Gasteiger partial charge in [0.2, 0.25) is 0 Å². The normalized spacial score (nSPS) is 16.6. The summed E-state index contributed by atoms with van der Waals surface area (Å²) in [4.78, 5) is 24.9. The summed E-state index contributed by atoms with van der Waals surface area (Å²) in [5.74, 6) is -1.57. The van der Waals surface area contributed by atoms with Crippen LogP contribution >= 0.6 is 11.6 Å². The van der Waals surface area contributed by atoms with E-state index in [4.69, 9.17) is 21.1 Å². The first-order chi connectivity index (χ1) is 19.4. The number of ether oxygens (including phenoxy) is 3. The molecule has 0 bridgehead atoms. The standard InChI is InChI=1S/C30H25ClF3NO6/c1-3-29(41-28(37)38)13-12-19-5-4-18(14-25(19)40-29)16-35-17(2)26(27(36)20-6-8-21(31)9-7-20)23-11-10-22(15-24(23)35)39-30(32,33)34/h4-11,14-15H,3,12-13,16H2,1-2H3,(H,37,38)/t29-/m1/s1. The SMILES string of the molecule is CC[C@@]1(OC(=O)O)CCc2ccc(Cn3c(C)c(C(=O)c4ccc(Cl)cc4)c4ccc(OC(F)(F)F)cc43)cc2O1. The molecule has 11 heteroatoms. The largest absolute Gasteiger partial charge is 0.573 e. The van der Waals surface area contributed by atoms with Crippen LogP contribution in [0.1, 0.15) is 52.5 Å². The van der Waals surface area contributed by atoms with Crippen LogP contribution in [0.15, 0.2) is 60.7 Å². The highest BCUT2D eigenvalue weighted by molar-refractivity contribution is 6.30. The number of halogens is 4. The van der Waals surface area contributed by atoms with E-state index in [0.29, 0.717) is 57.8 Å². The molecule has 2 heterocycles. The Hall–Kier alpha value is -4.18. The van der Waals surface area contributed by atoms with E-state index in [2.05, 4.69) is 4.74 Å². The summed E-state index contributed by atoms with van der Waals surface area (Å²) in [7, 11) is 0. The second-order valence-electron chi connectivity index (χ2n) is 9.79. The van der Waals surface area contributed by atoms with Gasteiger partial charge in [0.05, 0.1) is 11.1 Å². The average Bonchev–Trinajstić information content (AvgIpc) is 3.17. The molecule has 214 valence electrons. The van der Waals surface area contributed by atoms with E-state index in [0.717, 1.165) is 11.1 Å². The number of alkyl halides is 3. The first-order valence-corrected chi connectivity index (χ1v) is 13.2. The monoisotopic (exact) mass is 587 g/mol. The Morgan fingerprint density at radius 3 is 2.49 bits per heavy atom. The molecule has 0 unspecified atom stereocenters.